The number of aliphatic hydroxyl groups is 1. The van der Waals surface area contributed by atoms with E-state index in [0.29, 0.717) is 0 Å². The summed E-state index contributed by atoms with van der Waals surface area (Å²) >= 11 is 0. The number of hydrogen-bond donors (Lipinski definition) is 1. The standard InChI is InChI=1S/C8H10F8O2/c1-3(17)2-18-6(12)8(15,16)7(13,14)4(9)5(10)11/h3-6,17H,2H2,1H3. The maximum absolute atomic E-state index is 12.8. The Morgan fingerprint density at radius 1 is 1.00 bits per heavy atom. The fourth-order valence-electron chi connectivity index (χ4n) is 0.822. The molecule has 0 heterocycles. The van der Waals surface area contributed by atoms with Crippen LogP contribution in [0.25, 0.3) is 0 Å². The smallest absolute Gasteiger partial charge is 0.367 e. The third kappa shape index (κ3) is 3.67. The Morgan fingerprint density at radius 2 is 1.44 bits per heavy atom. The normalized spacial score (nSPS) is 18.8. The molecule has 0 aromatic carbocycles. The van der Waals surface area contributed by atoms with Gasteiger partial charge < -0.3 is 9.84 Å². The Hall–Kier alpha value is -0.640. The molecule has 0 saturated heterocycles. The van der Waals surface area contributed by atoms with E-state index in [1.165, 1.54) is 0 Å². The molecule has 0 bridgehead atoms. The Bertz CT molecular complexity index is 257. The molecule has 2 nitrogen and oxygen atoms in total. The van der Waals surface area contributed by atoms with Gasteiger partial charge in [-0.15, -0.1) is 0 Å². The second-order valence-corrected chi connectivity index (χ2v) is 3.48. The van der Waals surface area contributed by atoms with E-state index in [1.807, 2.05) is 0 Å². The maximum atomic E-state index is 12.8. The molecule has 0 radical (unpaired) electrons. The first-order valence-corrected chi connectivity index (χ1v) is 4.56. The van der Waals surface area contributed by atoms with Crippen molar-refractivity contribution in [2.24, 2.45) is 0 Å². The number of rotatable bonds is 7. The molecule has 0 spiro atoms. The van der Waals surface area contributed by atoms with E-state index >= 15 is 0 Å². The molecule has 10 heteroatoms. The van der Waals surface area contributed by atoms with Crippen LogP contribution >= 0.6 is 0 Å². The zero-order valence-corrected chi connectivity index (χ0v) is 8.90. The molecule has 3 unspecified atom stereocenters. The van der Waals surface area contributed by atoms with Gasteiger partial charge in [-0.2, -0.15) is 17.6 Å². The maximum Gasteiger partial charge on any atom is 0.367 e. The van der Waals surface area contributed by atoms with Gasteiger partial charge in [-0.3, -0.25) is 0 Å². The Morgan fingerprint density at radius 3 is 1.78 bits per heavy atom. The Labute approximate surface area is 96.5 Å². The summed E-state index contributed by atoms with van der Waals surface area (Å²) in [5, 5.41) is 8.55. The van der Waals surface area contributed by atoms with Gasteiger partial charge in [0.25, 0.3) is 12.8 Å². The lowest BCUT2D eigenvalue weighted by Gasteiger charge is -2.30. The second kappa shape index (κ2) is 6.00. The lowest BCUT2D eigenvalue weighted by molar-refractivity contribution is -0.321. The zero-order chi connectivity index (χ0) is 14.7. The molecule has 0 rings (SSSR count). The van der Waals surface area contributed by atoms with Crippen molar-refractivity contribution in [3.05, 3.63) is 0 Å². The Balaban J connectivity index is 4.87. The molecule has 0 aromatic rings. The predicted molar refractivity (Wildman–Crippen MR) is 43.3 cm³/mol. The van der Waals surface area contributed by atoms with E-state index in [-0.39, 0.29) is 0 Å². The molecule has 110 valence electrons. The molecular weight excluding hydrogens is 280 g/mol. The van der Waals surface area contributed by atoms with Crippen LogP contribution in [0.5, 0.6) is 0 Å². The first-order chi connectivity index (χ1) is 7.94. The first kappa shape index (κ1) is 17.4. The van der Waals surface area contributed by atoms with Crippen LogP contribution in [-0.2, 0) is 4.74 Å². The van der Waals surface area contributed by atoms with Crippen molar-refractivity contribution in [2.45, 2.75) is 43.8 Å². The summed E-state index contributed by atoms with van der Waals surface area (Å²) < 4.78 is 103. The Kier molecular flexibility index (Phi) is 5.79. The molecule has 3 atom stereocenters. The van der Waals surface area contributed by atoms with Crippen LogP contribution < -0.4 is 0 Å². The average Bonchev–Trinajstić information content (AvgIpc) is 2.23. The number of ether oxygens (including phenoxy) is 1. The van der Waals surface area contributed by atoms with Gasteiger partial charge in [-0.25, -0.2) is 17.6 Å². The van der Waals surface area contributed by atoms with Crippen LogP contribution in [0.3, 0.4) is 0 Å². The van der Waals surface area contributed by atoms with Crippen LogP contribution in [0.4, 0.5) is 35.1 Å². The molecule has 0 aromatic heterocycles. The highest BCUT2D eigenvalue weighted by atomic mass is 19.3. The van der Waals surface area contributed by atoms with E-state index in [2.05, 4.69) is 4.74 Å². The number of hydrogen-bond acceptors (Lipinski definition) is 2. The molecule has 0 aliphatic carbocycles. The van der Waals surface area contributed by atoms with Gasteiger partial charge in [0.1, 0.15) is 0 Å². The van der Waals surface area contributed by atoms with Crippen molar-refractivity contribution in [3.8, 4) is 0 Å². The largest absolute Gasteiger partial charge is 0.391 e. The number of halogens is 8. The van der Waals surface area contributed by atoms with Crippen LogP contribution in [0, 0.1) is 0 Å². The van der Waals surface area contributed by atoms with E-state index in [4.69, 9.17) is 5.11 Å². The molecule has 0 saturated carbocycles. The molecule has 1 N–H and O–H groups in total. The highest BCUT2D eigenvalue weighted by Gasteiger charge is 2.69. The van der Waals surface area contributed by atoms with Crippen molar-refractivity contribution in [1.29, 1.82) is 0 Å². The van der Waals surface area contributed by atoms with Crippen LogP contribution in [0.15, 0.2) is 0 Å². The van der Waals surface area contributed by atoms with E-state index in [1.54, 1.807) is 0 Å². The minimum atomic E-state index is -5.95. The zero-order valence-electron chi connectivity index (χ0n) is 8.90. The quantitative estimate of drug-likeness (QED) is 0.730. The summed E-state index contributed by atoms with van der Waals surface area (Å²) in [7, 11) is 0. The van der Waals surface area contributed by atoms with Crippen LogP contribution in [0.2, 0.25) is 0 Å². The minimum absolute atomic E-state index is 0.972. The monoisotopic (exact) mass is 290 g/mol. The summed E-state index contributed by atoms with van der Waals surface area (Å²) in [6.07, 6.45) is -14.4. The van der Waals surface area contributed by atoms with Crippen molar-refractivity contribution in [1.82, 2.24) is 0 Å². The van der Waals surface area contributed by atoms with Crippen LogP contribution in [-0.4, -0.2) is 48.6 Å². The summed E-state index contributed by atoms with van der Waals surface area (Å²) in [6.45, 7) is -0.113. The summed E-state index contributed by atoms with van der Waals surface area (Å²) in [5.41, 5.74) is 0. The van der Waals surface area contributed by atoms with Gasteiger partial charge >= 0.3 is 11.8 Å². The minimum Gasteiger partial charge on any atom is -0.391 e. The molecule has 0 aliphatic heterocycles. The lowest BCUT2D eigenvalue weighted by atomic mass is 10.1. The highest BCUT2D eigenvalue weighted by molar-refractivity contribution is 4.94. The topological polar surface area (TPSA) is 29.5 Å². The van der Waals surface area contributed by atoms with Gasteiger partial charge in [0.2, 0.25) is 6.17 Å². The van der Waals surface area contributed by atoms with E-state index < -0.39 is 43.5 Å². The highest BCUT2D eigenvalue weighted by Crippen LogP contribution is 2.44. The molecule has 0 aliphatic rings. The predicted octanol–water partition coefficient (Wildman–Crippen LogP) is 2.55. The lowest BCUT2D eigenvalue weighted by Crippen LogP contribution is -2.56. The third-order valence-corrected chi connectivity index (χ3v) is 1.78. The molecule has 18 heavy (non-hydrogen) atoms. The number of alkyl halides is 8. The second-order valence-electron chi connectivity index (χ2n) is 3.48. The number of aliphatic hydroxyl groups excluding tert-OH is 1. The van der Waals surface area contributed by atoms with E-state index in [9.17, 15) is 35.1 Å². The van der Waals surface area contributed by atoms with Crippen molar-refractivity contribution in [2.75, 3.05) is 6.61 Å². The molecular formula is C8H10F8O2. The third-order valence-electron chi connectivity index (χ3n) is 1.78. The van der Waals surface area contributed by atoms with Crippen molar-refractivity contribution < 1.29 is 45.0 Å². The van der Waals surface area contributed by atoms with Gasteiger partial charge in [0.05, 0.1) is 12.7 Å². The first-order valence-electron chi connectivity index (χ1n) is 4.56. The molecule has 0 fully saturated rings. The van der Waals surface area contributed by atoms with Gasteiger partial charge in [0, 0.05) is 0 Å². The van der Waals surface area contributed by atoms with Gasteiger partial charge in [0.15, 0.2) is 0 Å². The van der Waals surface area contributed by atoms with Gasteiger partial charge in [-0.05, 0) is 6.92 Å². The summed E-state index contributed by atoms with van der Waals surface area (Å²) in [4.78, 5) is 0. The summed E-state index contributed by atoms with van der Waals surface area (Å²) in [5.74, 6) is -11.7. The molecule has 0 amide bonds. The fraction of sp³-hybridized carbons (Fsp3) is 1.00. The average molecular weight is 290 g/mol. The van der Waals surface area contributed by atoms with Crippen molar-refractivity contribution in [3.63, 3.8) is 0 Å². The SMILES string of the molecule is CC(O)COC(F)C(F)(F)C(F)(F)C(F)C(F)F. The van der Waals surface area contributed by atoms with Gasteiger partial charge in [-0.1, -0.05) is 0 Å². The van der Waals surface area contributed by atoms with Crippen molar-refractivity contribution >= 4 is 0 Å². The summed E-state index contributed by atoms with van der Waals surface area (Å²) in [6, 6.07) is 0. The van der Waals surface area contributed by atoms with Crippen LogP contribution in [0.1, 0.15) is 6.92 Å². The van der Waals surface area contributed by atoms with E-state index in [0.717, 1.165) is 6.92 Å². The fourth-order valence-corrected chi connectivity index (χ4v) is 0.822.